The van der Waals surface area contributed by atoms with Gasteiger partial charge in [-0.15, -0.1) is 0 Å². The SMILES string of the molecule is CN1CCC(CNc2ccc(-n3nccn3)cc2)CC1. The van der Waals surface area contributed by atoms with Gasteiger partial charge in [0.05, 0.1) is 18.1 Å². The lowest BCUT2D eigenvalue weighted by Crippen LogP contribution is -2.32. The average molecular weight is 271 g/mol. The molecule has 0 radical (unpaired) electrons. The van der Waals surface area contributed by atoms with Crippen LogP contribution in [0.25, 0.3) is 5.69 Å². The van der Waals surface area contributed by atoms with Crippen LogP contribution < -0.4 is 5.32 Å². The van der Waals surface area contributed by atoms with Crippen LogP contribution in [0.5, 0.6) is 0 Å². The maximum atomic E-state index is 4.12. The number of aromatic nitrogens is 3. The molecule has 0 atom stereocenters. The van der Waals surface area contributed by atoms with E-state index in [9.17, 15) is 0 Å². The van der Waals surface area contributed by atoms with Crippen molar-refractivity contribution in [2.45, 2.75) is 12.8 Å². The maximum absolute atomic E-state index is 4.12. The standard InChI is InChI=1S/C15H21N5/c1-19-10-6-13(7-11-19)12-16-14-2-4-15(5-3-14)20-17-8-9-18-20/h2-5,8-9,13,16H,6-7,10-12H2,1H3. The van der Waals surface area contributed by atoms with Crippen LogP contribution in [0.15, 0.2) is 36.7 Å². The maximum Gasteiger partial charge on any atom is 0.0858 e. The first-order chi connectivity index (χ1) is 9.81. The summed E-state index contributed by atoms with van der Waals surface area (Å²) in [5.74, 6) is 0.790. The summed E-state index contributed by atoms with van der Waals surface area (Å²) in [5, 5.41) is 11.8. The number of nitrogens with zero attached hydrogens (tertiary/aromatic N) is 4. The van der Waals surface area contributed by atoms with Gasteiger partial charge >= 0.3 is 0 Å². The number of hydrogen-bond donors (Lipinski definition) is 1. The van der Waals surface area contributed by atoms with E-state index >= 15 is 0 Å². The molecule has 3 rings (SSSR count). The number of hydrogen-bond acceptors (Lipinski definition) is 4. The summed E-state index contributed by atoms with van der Waals surface area (Å²) in [6.45, 7) is 3.50. The highest BCUT2D eigenvalue weighted by Crippen LogP contribution is 2.18. The van der Waals surface area contributed by atoms with Gasteiger partial charge in [0.25, 0.3) is 0 Å². The van der Waals surface area contributed by atoms with Crippen molar-refractivity contribution < 1.29 is 0 Å². The monoisotopic (exact) mass is 271 g/mol. The van der Waals surface area contributed by atoms with E-state index in [0.717, 1.165) is 18.2 Å². The van der Waals surface area contributed by atoms with Crippen LogP contribution in [-0.2, 0) is 0 Å². The third-order valence-electron chi connectivity index (χ3n) is 3.95. The molecule has 1 fully saturated rings. The predicted molar refractivity (Wildman–Crippen MR) is 80.1 cm³/mol. The smallest absolute Gasteiger partial charge is 0.0858 e. The van der Waals surface area contributed by atoms with Crippen molar-refractivity contribution in [3.63, 3.8) is 0 Å². The summed E-state index contributed by atoms with van der Waals surface area (Å²) < 4.78 is 0. The number of rotatable bonds is 4. The zero-order valence-electron chi connectivity index (χ0n) is 11.9. The summed E-state index contributed by atoms with van der Waals surface area (Å²) >= 11 is 0. The number of nitrogens with one attached hydrogen (secondary N) is 1. The van der Waals surface area contributed by atoms with Crippen molar-refractivity contribution in [2.75, 3.05) is 32.0 Å². The van der Waals surface area contributed by atoms with Crippen LogP contribution in [-0.4, -0.2) is 46.6 Å². The number of piperidine rings is 1. The molecule has 1 aliphatic heterocycles. The van der Waals surface area contributed by atoms with Crippen molar-refractivity contribution in [2.24, 2.45) is 5.92 Å². The second-order valence-electron chi connectivity index (χ2n) is 5.49. The molecule has 20 heavy (non-hydrogen) atoms. The van der Waals surface area contributed by atoms with Crippen molar-refractivity contribution in [1.29, 1.82) is 0 Å². The number of benzene rings is 1. The van der Waals surface area contributed by atoms with E-state index in [1.165, 1.54) is 31.6 Å². The Balaban J connectivity index is 1.53. The molecule has 5 heteroatoms. The second kappa shape index (κ2) is 6.05. The minimum atomic E-state index is 0.790. The molecule has 2 heterocycles. The molecule has 0 amide bonds. The largest absolute Gasteiger partial charge is 0.385 e. The van der Waals surface area contributed by atoms with Crippen molar-refractivity contribution in [3.05, 3.63) is 36.7 Å². The van der Waals surface area contributed by atoms with E-state index in [0.29, 0.717) is 0 Å². The van der Waals surface area contributed by atoms with Gasteiger partial charge in [0, 0.05) is 12.2 Å². The highest BCUT2D eigenvalue weighted by Gasteiger charge is 2.16. The van der Waals surface area contributed by atoms with E-state index < -0.39 is 0 Å². The normalized spacial score (nSPS) is 17.2. The minimum Gasteiger partial charge on any atom is -0.385 e. The van der Waals surface area contributed by atoms with Crippen molar-refractivity contribution in [3.8, 4) is 5.69 Å². The number of anilines is 1. The second-order valence-corrected chi connectivity index (χ2v) is 5.49. The van der Waals surface area contributed by atoms with Crippen LogP contribution in [0.4, 0.5) is 5.69 Å². The Hall–Kier alpha value is -1.88. The molecule has 0 unspecified atom stereocenters. The van der Waals surface area contributed by atoms with Gasteiger partial charge in [-0.05, 0) is 63.2 Å². The highest BCUT2D eigenvalue weighted by atomic mass is 15.5. The molecule has 1 N–H and O–H groups in total. The molecule has 5 nitrogen and oxygen atoms in total. The summed E-state index contributed by atoms with van der Waals surface area (Å²) in [6.07, 6.45) is 5.95. The quantitative estimate of drug-likeness (QED) is 0.924. The summed E-state index contributed by atoms with van der Waals surface area (Å²) in [4.78, 5) is 4.03. The Morgan fingerprint density at radius 2 is 1.75 bits per heavy atom. The van der Waals surface area contributed by atoms with E-state index in [4.69, 9.17) is 0 Å². The molecule has 0 saturated carbocycles. The van der Waals surface area contributed by atoms with Gasteiger partial charge in [0.2, 0.25) is 0 Å². The molecule has 0 spiro atoms. The molecule has 1 aromatic carbocycles. The number of likely N-dealkylation sites (tertiary alicyclic amines) is 1. The van der Waals surface area contributed by atoms with Gasteiger partial charge in [0.1, 0.15) is 0 Å². The molecule has 1 saturated heterocycles. The molecule has 2 aromatic rings. The zero-order chi connectivity index (χ0) is 13.8. The summed E-state index contributed by atoms with van der Waals surface area (Å²) in [5.41, 5.74) is 2.15. The molecule has 1 aromatic heterocycles. The lowest BCUT2D eigenvalue weighted by molar-refractivity contribution is 0.226. The van der Waals surface area contributed by atoms with Crippen molar-refractivity contribution >= 4 is 5.69 Å². The van der Waals surface area contributed by atoms with Gasteiger partial charge < -0.3 is 10.2 Å². The molecule has 0 aliphatic carbocycles. The van der Waals surface area contributed by atoms with Gasteiger partial charge in [-0.2, -0.15) is 15.0 Å². The predicted octanol–water partition coefficient (Wildman–Crippen LogP) is 2.02. The third-order valence-corrected chi connectivity index (χ3v) is 3.95. The molecule has 0 bridgehead atoms. The first-order valence-corrected chi connectivity index (χ1v) is 7.20. The highest BCUT2D eigenvalue weighted by molar-refractivity contribution is 5.48. The average Bonchev–Trinajstić information content (AvgIpc) is 3.01. The minimum absolute atomic E-state index is 0.790. The first kappa shape index (κ1) is 13.1. The van der Waals surface area contributed by atoms with Crippen LogP contribution in [0.3, 0.4) is 0 Å². The third kappa shape index (κ3) is 3.17. The van der Waals surface area contributed by atoms with Crippen molar-refractivity contribution in [1.82, 2.24) is 19.9 Å². The van der Waals surface area contributed by atoms with E-state index in [2.05, 4.69) is 39.6 Å². The Bertz CT molecular complexity index is 512. The molecule has 1 aliphatic rings. The zero-order valence-corrected chi connectivity index (χ0v) is 11.9. The van der Waals surface area contributed by atoms with E-state index in [1.54, 1.807) is 17.2 Å². The summed E-state index contributed by atoms with van der Waals surface area (Å²) in [6, 6.07) is 8.26. The fourth-order valence-corrected chi connectivity index (χ4v) is 2.59. The Morgan fingerprint density at radius 3 is 2.40 bits per heavy atom. The molecular formula is C15H21N5. The van der Waals surface area contributed by atoms with Gasteiger partial charge in [-0.25, -0.2) is 0 Å². The molecule has 106 valence electrons. The van der Waals surface area contributed by atoms with E-state index in [1.807, 2.05) is 12.1 Å². The Labute approximate surface area is 119 Å². The first-order valence-electron chi connectivity index (χ1n) is 7.20. The van der Waals surface area contributed by atoms with Gasteiger partial charge in [-0.3, -0.25) is 0 Å². The van der Waals surface area contributed by atoms with Crippen LogP contribution >= 0.6 is 0 Å². The van der Waals surface area contributed by atoms with Gasteiger partial charge in [-0.1, -0.05) is 0 Å². The van der Waals surface area contributed by atoms with Crippen LogP contribution in [0.2, 0.25) is 0 Å². The topological polar surface area (TPSA) is 46.0 Å². The van der Waals surface area contributed by atoms with Crippen LogP contribution in [0, 0.1) is 5.92 Å². The fraction of sp³-hybridized carbons (Fsp3) is 0.467. The lowest BCUT2D eigenvalue weighted by atomic mass is 9.97. The Kier molecular flexibility index (Phi) is 3.97. The van der Waals surface area contributed by atoms with Gasteiger partial charge in [0.15, 0.2) is 0 Å². The van der Waals surface area contributed by atoms with Crippen LogP contribution in [0.1, 0.15) is 12.8 Å². The Morgan fingerprint density at radius 1 is 1.10 bits per heavy atom. The fourth-order valence-electron chi connectivity index (χ4n) is 2.59. The van der Waals surface area contributed by atoms with E-state index in [-0.39, 0.29) is 0 Å². The lowest BCUT2D eigenvalue weighted by Gasteiger charge is -2.29. The summed E-state index contributed by atoms with van der Waals surface area (Å²) in [7, 11) is 2.20. The molecular weight excluding hydrogens is 250 g/mol.